The van der Waals surface area contributed by atoms with Gasteiger partial charge in [0, 0.05) is 21.3 Å². The molecule has 0 aromatic carbocycles. The van der Waals surface area contributed by atoms with Crippen LogP contribution >= 0.6 is 34.2 Å². The van der Waals surface area contributed by atoms with E-state index >= 15 is 0 Å². The highest BCUT2D eigenvalue weighted by molar-refractivity contribution is 8.68. The fraction of sp³-hybridized carbons (Fsp3) is 1.00. The Labute approximate surface area is 202 Å². The van der Waals surface area contributed by atoms with Gasteiger partial charge in [0.25, 0.3) is 0 Å². The monoisotopic (exact) mass is 534 g/mol. The Hall–Kier alpha value is 1.84. The van der Waals surface area contributed by atoms with Crippen molar-refractivity contribution in [3.63, 3.8) is 0 Å². The van der Waals surface area contributed by atoms with Gasteiger partial charge in [0.05, 0.1) is 26.4 Å². The summed E-state index contributed by atoms with van der Waals surface area (Å²) in [5.74, 6) is 0.531. The summed E-state index contributed by atoms with van der Waals surface area (Å²) in [6, 6.07) is 0. The summed E-state index contributed by atoms with van der Waals surface area (Å²) in [5.41, 5.74) is -4.32. The fourth-order valence-electron chi connectivity index (χ4n) is 3.04. The van der Waals surface area contributed by atoms with Gasteiger partial charge in [0.1, 0.15) is 0 Å². The molecule has 0 bridgehead atoms. The van der Waals surface area contributed by atoms with Crippen molar-refractivity contribution >= 4 is 57.8 Å². The highest BCUT2D eigenvalue weighted by atomic mass is 32.9. The normalized spacial score (nSPS) is 27.8. The SMILES string of the molecule is CCCC(CCC(C)C(C)SP1(=S)OCC(C)(C)CO1)SP1(=S)OCC(C)(C)CO1. The molecule has 2 heterocycles. The van der Waals surface area contributed by atoms with E-state index in [4.69, 9.17) is 41.7 Å². The minimum absolute atomic E-state index is 0.0596. The Kier molecular flexibility index (Phi) is 10.8. The van der Waals surface area contributed by atoms with Gasteiger partial charge in [-0.3, -0.25) is 0 Å². The van der Waals surface area contributed by atoms with E-state index in [1.165, 1.54) is 0 Å². The zero-order chi connectivity index (χ0) is 22.6. The molecule has 0 aromatic rings. The van der Waals surface area contributed by atoms with E-state index in [1.807, 2.05) is 0 Å². The average molecular weight is 535 g/mol. The number of hydrogen-bond acceptors (Lipinski definition) is 8. The van der Waals surface area contributed by atoms with Crippen molar-refractivity contribution in [2.24, 2.45) is 16.7 Å². The second kappa shape index (κ2) is 11.5. The zero-order valence-corrected chi connectivity index (χ0v) is 24.6. The minimum atomic E-state index is -2.22. The molecule has 3 atom stereocenters. The van der Waals surface area contributed by atoms with Crippen LogP contribution in [0.2, 0.25) is 0 Å². The van der Waals surface area contributed by atoms with Gasteiger partial charge in [-0.15, -0.1) is 0 Å². The van der Waals surface area contributed by atoms with Crippen LogP contribution < -0.4 is 0 Å². The van der Waals surface area contributed by atoms with E-state index in [-0.39, 0.29) is 10.8 Å². The molecule has 0 aromatic heterocycles. The van der Waals surface area contributed by atoms with E-state index < -0.39 is 11.4 Å². The van der Waals surface area contributed by atoms with Crippen LogP contribution in [-0.4, -0.2) is 36.9 Å². The summed E-state index contributed by atoms with van der Waals surface area (Å²) in [6.07, 6.45) is 4.55. The third kappa shape index (κ3) is 9.24. The lowest BCUT2D eigenvalue weighted by Gasteiger charge is -2.38. The van der Waals surface area contributed by atoms with E-state index in [9.17, 15) is 0 Å². The first-order valence-corrected chi connectivity index (χ1v) is 19.2. The lowest BCUT2D eigenvalue weighted by molar-refractivity contribution is 0.0671. The average Bonchev–Trinajstić information content (AvgIpc) is 2.65. The molecule has 0 spiro atoms. The Morgan fingerprint density at radius 1 is 0.767 bits per heavy atom. The van der Waals surface area contributed by atoms with Crippen LogP contribution in [0, 0.1) is 16.7 Å². The third-order valence-electron chi connectivity index (χ3n) is 5.38. The smallest absolute Gasteiger partial charge is 0.247 e. The quantitative estimate of drug-likeness (QED) is 0.261. The van der Waals surface area contributed by atoms with Gasteiger partial charge in [0.15, 0.2) is 0 Å². The van der Waals surface area contributed by atoms with Gasteiger partial charge in [-0.2, -0.15) is 0 Å². The van der Waals surface area contributed by atoms with Crippen LogP contribution in [0.3, 0.4) is 0 Å². The predicted octanol–water partition coefficient (Wildman–Crippen LogP) is 8.02. The highest BCUT2D eigenvalue weighted by Crippen LogP contribution is 2.68. The lowest BCUT2D eigenvalue weighted by atomic mass is 9.97. The first-order valence-electron chi connectivity index (χ1n) is 10.9. The van der Waals surface area contributed by atoms with Crippen molar-refractivity contribution in [3.8, 4) is 0 Å². The van der Waals surface area contributed by atoms with Gasteiger partial charge in [-0.05, 0) is 48.8 Å². The summed E-state index contributed by atoms with van der Waals surface area (Å²) in [6.45, 7) is 18.2. The molecule has 30 heavy (non-hydrogen) atoms. The van der Waals surface area contributed by atoms with E-state index in [0.29, 0.717) is 42.8 Å². The Balaban J connectivity index is 1.83. The van der Waals surface area contributed by atoms with Crippen LogP contribution in [0.15, 0.2) is 0 Å². The third-order valence-corrected chi connectivity index (χ3v) is 16.8. The first kappa shape index (κ1) is 28.1. The van der Waals surface area contributed by atoms with Crippen molar-refractivity contribution in [1.82, 2.24) is 0 Å². The van der Waals surface area contributed by atoms with Crippen LogP contribution in [0.4, 0.5) is 0 Å². The molecular formula is C20H40O4P2S4. The summed E-state index contributed by atoms with van der Waals surface area (Å²) < 4.78 is 24.2. The molecule has 0 radical (unpaired) electrons. The maximum absolute atomic E-state index is 6.06. The molecule has 0 N–H and O–H groups in total. The zero-order valence-electron chi connectivity index (χ0n) is 19.5. The molecule has 0 saturated carbocycles. The van der Waals surface area contributed by atoms with Crippen molar-refractivity contribution in [3.05, 3.63) is 0 Å². The van der Waals surface area contributed by atoms with Gasteiger partial charge >= 0.3 is 0 Å². The van der Waals surface area contributed by atoms with Crippen molar-refractivity contribution in [2.75, 3.05) is 26.4 Å². The van der Waals surface area contributed by atoms with E-state index in [2.05, 4.69) is 48.5 Å². The lowest BCUT2D eigenvalue weighted by Crippen LogP contribution is -2.29. The van der Waals surface area contributed by atoms with Crippen molar-refractivity contribution in [1.29, 1.82) is 0 Å². The fourth-order valence-corrected chi connectivity index (χ4v) is 15.0. The molecule has 0 amide bonds. The van der Waals surface area contributed by atoms with E-state index in [0.717, 1.165) is 25.7 Å². The van der Waals surface area contributed by atoms with Gasteiger partial charge in [-0.1, -0.05) is 77.7 Å². The molecule has 10 heteroatoms. The Bertz CT molecular complexity index is 631. The molecule has 178 valence electrons. The van der Waals surface area contributed by atoms with Crippen LogP contribution in [0.25, 0.3) is 0 Å². The molecule has 2 fully saturated rings. The maximum atomic E-state index is 6.06. The van der Waals surface area contributed by atoms with Crippen molar-refractivity contribution < 1.29 is 18.1 Å². The molecular weight excluding hydrogens is 494 g/mol. The maximum Gasteiger partial charge on any atom is 0.247 e. The molecule has 2 aliphatic heterocycles. The van der Waals surface area contributed by atoms with Gasteiger partial charge in [-0.25, -0.2) is 0 Å². The van der Waals surface area contributed by atoms with E-state index in [1.54, 1.807) is 22.8 Å². The Morgan fingerprint density at radius 2 is 1.20 bits per heavy atom. The predicted molar refractivity (Wildman–Crippen MR) is 142 cm³/mol. The second-order valence-electron chi connectivity index (χ2n) is 10.2. The van der Waals surface area contributed by atoms with Crippen molar-refractivity contribution in [2.45, 2.75) is 84.6 Å². The molecule has 4 nitrogen and oxygen atoms in total. The number of hydrogen-bond donors (Lipinski definition) is 0. The summed E-state index contributed by atoms with van der Waals surface area (Å²) in [5, 5.41) is 0.886. The van der Waals surface area contributed by atoms with Gasteiger partial charge in [0.2, 0.25) is 11.4 Å². The molecule has 2 aliphatic rings. The molecule has 0 aliphatic carbocycles. The summed E-state index contributed by atoms with van der Waals surface area (Å²) in [4.78, 5) is 0. The summed E-state index contributed by atoms with van der Waals surface area (Å²) in [7, 11) is 0. The standard InChI is InChI=1S/C20H40O4P2S4/c1-8-9-18(30-26(28)23-14-20(6,7)15-24-26)11-10-16(2)17(3)29-25(27)21-12-19(4,5)13-22-25/h16-18H,8-15H2,1-7H3. The Morgan fingerprint density at radius 3 is 1.63 bits per heavy atom. The van der Waals surface area contributed by atoms with Crippen LogP contribution in [-0.2, 0) is 41.7 Å². The van der Waals surface area contributed by atoms with Crippen LogP contribution in [0.5, 0.6) is 0 Å². The summed E-state index contributed by atoms with van der Waals surface area (Å²) >= 11 is 15.1. The minimum Gasteiger partial charge on any atom is -0.321 e. The topological polar surface area (TPSA) is 36.9 Å². The highest BCUT2D eigenvalue weighted by Gasteiger charge is 2.37. The number of rotatable bonds is 10. The first-order chi connectivity index (χ1) is 13.8. The molecule has 2 saturated heterocycles. The second-order valence-corrected chi connectivity index (χ2v) is 23.3. The van der Waals surface area contributed by atoms with Crippen LogP contribution in [0.1, 0.15) is 74.1 Å². The molecule has 3 unspecified atom stereocenters. The van der Waals surface area contributed by atoms with Gasteiger partial charge < -0.3 is 18.1 Å². The largest absolute Gasteiger partial charge is 0.321 e. The molecule has 2 rings (SSSR count).